The first-order valence-corrected chi connectivity index (χ1v) is 5.75. The Morgan fingerprint density at radius 3 is 3.06 bits per heavy atom. The van der Waals surface area contributed by atoms with Gasteiger partial charge in [0.2, 0.25) is 5.91 Å². The van der Waals surface area contributed by atoms with Crippen LogP contribution in [0.1, 0.15) is 25.3 Å². The van der Waals surface area contributed by atoms with Crippen LogP contribution in [0.25, 0.3) is 0 Å². The second-order valence-electron chi connectivity index (χ2n) is 4.72. The number of rotatable bonds is 0. The van der Waals surface area contributed by atoms with Gasteiger partial charge < -0.3 is 10.1 Å². The van der Waals surface area contributed by atoms with Crippen molar-refractivity contribution in [3.05, 3.63) is 29.8 Å². The standard InChI is InChI=1S/C13H15NO2/c1-9-8-13(6-7-16-9)10-4-2-3-5-11(10)14-12(13)15/h2-5,9H,6-8H2,1H3,(H,14,15). The molecule has 2 aliphatic heterocycles. The summed E-state index contributed by atoms with van der Waals surface area (Å²) in [5.74, 6) is 0.142. The van der Waals surface area contributed by atoms with Crippen molar-refractivity contribution in [1.82, 2.24) is 0 Å². The quantitative estimate of drug-likeness (QED) is 0.722. The van der Waals surface area contributed by atoms with Gasteiger partial charge in [-0.15, -0.1) is 0 Å². The van der Waals surface area contributed by atoms with Crippen LogP contribution >= 0.6 is 0 Å². The first kappa shape index (κ1) is 9.85. The number of fused-ring (bicyclic) bond motifs is 2. The zero-order chi connectivity index (χ0) is 11.2. The SMILES string of the molecule is CC1CC2(CCO1)C(=O)Nc1ccccc12. The minimum absolute atomic E-state index is 0.142. The lowest BCUT2D eigenvalue weighted by atomic mass is 9.73. The van der Waals surface area contributed by atoms with Crippen LogP contribution in [0.3, 0.4) is 0 Å². The Bertz CT molecular complexity index is 443. The van der Waals surface area contributed by atoms with Crippen molar-refractivity contribution < 1.29 is 9.53 Å². The molecule has 1 fully saturated rings. The van der Waals surface area contributed by atoms with Crippen molar-refractivity contribution in [2.24, 2.45) is 0 Å². The van der Waals surface area contributed by atoms with Crippen LogP contribution in [0.2, 0.25) is 0 Å². The lowest BCUT2D eigenvalue weighted by molar-refractivity contribution is -0.126. The summed E-state index contributed by atoms with van der Waals surface area (Å²) in [6.07, 6.45) is 1.74. The fraction of sp³-hybridized carbons (Fsp3) is 0.462. The van der Waals surface area contributed by atoms with Crippen LogP contribution in [0.5, 0.6) is 0 Å². The van der Waals surface area contributed by atoms with Crippen LogP contribution in [-0.4, -0.2) is 18.6 Å². The molecule has 16 heavy (non-hydrogen) atoms. The summed E-state index contributed by atoms with van der Waals surface area (Å²) in [4.78, 5) is 12.2. The normalized spacial score (nSPS) is 32.6. The third-order valence-corrected chi connectivity index (χ3v) is 3.69. The maximum Gasteiger partial charge on any atom is 0.235 e. The van der Waals surface area contributed by atoms with Crippen LogP contribution < -0.4 is 5.32 Å². The van der Waals surface area contributed by atoms with E-state index in [0.29, 0.717) is 6.61 Å². The lowest BCUT2D eigenvalue weighted by Gasteiger charge is -2.35. The van der Waals surface area contributed by atoms with Crippen LogP contribution in [-0.2, 0) is 14.9 Å². The van der Waals surface area contributed by atoms with Gasteiger partial charge in [0.1, 0.15) is 0 Å². The van der Waals surface area contributed by atoms with Gasteiger partial charge in [-0.25, -0.2) is 0 Å². The number of hydrogen-bond acceptors (Lipinski definition) is 2. The molecule has 1 aromatic carbocycles. The molecule has 3 nitrogen and oxygen atoms in total. The predicted molar refractivity (Wildman–Crippen MR) is 61.4 cm³/mol. The lowest BCUT2D eigenvalue weighted by Crippen LogP contribution is -2.42. The number of ether oxygens (including phenoxy) is 1. The van der Waals surface area contributed by atoms with Gasteiger partial charge >= 0.3 is 0 Å². The summed E-state index contributed by atoms with van der Waals surface area (Å²) in [7, 11) is 0. The number of hydrogen-bond donors (Lipinski definition) is 1. The predicted octanol–water partition coefficient (Wildman–Crippen LogP) is 2.08. The minimum atomic E-state index is -0.339. The summed E-state index contributed by atoms with van der Waals surface area (Å²) in [5.41, 5.74) is 1.78. The molecule has 1 saturated heterocycles. The van der Waals surface area contributed by atoms with E-state index in [0.717, 1.165) is 24.1 Å². The highest BCUT2D eigenvalue weighted by atomic mass is 16.5. The molecule has 84 valence electrons. The van der Waals surface area contributed by atoms with E-state index < -0.39 is 0 Å². The topological polar surface area (TPSA) is 38.3 Å². The van der Waals surface area contributed by atoms with Crippen molar-refractivity contribution >= 4 is 11.6 Å². The Morgan fingerprint density at radius 1 is 1.44 bits per heavy atom. The van der Waals surface area contributed by atoms with Crippen molar-refractivity contribution in [2.75, 3.05) is 11.9 Å². The van der Waals surface area contributed by atoms with Gasteiger partial charge in [0.05, 0.1) is 11.5 Å². The van der Waals surface area contributed by atoms with E-state index in [1.165, 1.54) is 0 Å². The van der Waals surface area contributed by atoms with E-state index in [4.69, 9.17) is 4.74 Å². The summed E-state index contributed by atoms with van der Waals surface area (Å²) < 4.78 is 5.55. The number of amides is 1. The van der Waals surface area contributed by atoms with Crippen LogP contribution in [0, 0.1) is 0 Å². The number of para-hydroxylation sites is 1. The van der Waals surface area contributed by atoms with Crippen molar-refractivity contribution in [1.29, 1.82) is 0 Å². The van der Waals surface area contributed by atoms with Crippen LogP contribution in [0.4, 0.5) is 5.69 Å². The number of anilines is 1. The largest absolute Gasteiger partial charge is 0.378 e. The average molecular weight is 217 g/mol. The zero-order valence-corrected chi connectivity index (χ0v) is 9.32. The second kappa shape index (κ2) is 3.32. The van der Waals surface area contributed by atoms with Gasteiger partial charge in [-0.05, 0) is 31.4 Å². The third-order valence-electron chi connectivity index (χ3n) is 3.69. The molecule has 2 aliphatic rings. The fourth-order valence-electron chi connectivity index (χ4n) is 2.91. The molecule has 3 rings (SSSR count). The first-order valence-electron chi connectivity index (χ1n) is 5.75. The molecular formula is C13H15NO2. The molecule has 1 amide bonds. The van der Waals surface area contributed by atoms with Gasteiger partial charge in [-0.2, -0.15) is 0 Å². The van der Waals surface area contributed by atoms with Gasteiger partial charge in [-0.1, -0.05) is 18.2 Å². The highest BCUT2D eigenvalue weighted by molar-refractivity contribution is 6.06. The molecule has 1 N–H and O–H groups in total. The van der Waals surface area contributed by atoms with Gasteiger partial charge in [0, 0.05) is 12.3 Å². The van der Waals surface area contributed by atoms with Crippen molar-refractivity contribution in [3.63, 3.8) is 0 Å². The molecule has 1 spiro atoms. The molecule has 3 heteroatoms. The van der Waals surface area contributed by atoms with Gasteiger partial charge in [0.25, 0.3) is 0 Å². The summed E-state index contributed by atoms with van der Waals surface area (Å²) in [5, 5.41) is 2.98. The second-order valence-corrected chi connectivity index (χ2v) is 4.72. The van der Waals surface area contributed by atoms with Crippen molar-refractivity contribution in [3.8, 4) is 0 Å². The van der Waals surface area contributed by atoms with E-state index in [-0.39, 0.29) is 17.4 Å². The maximum atomic E-state index is 12.2. The highest BCUT2D eigenvalue weighted by Gasteiger charge is 2.48. The Hall–Kier alpha value is -1.35. The van der Waals surface area contributed by atoms with Crippen LogP contribution in [0.15, 0.2) is 24.3 Å². The number of carbonyl (C=O) groups is 1. The molecular weight excluding hydrogens is 202 g/mol. The molecule has 1 aromatic rings. The van der Waals surface area contributed by atoms with E-state index in [2.05, 4.69) is 11.4 Å². The first-order chi connectivity index (χ1) is 7.72. The van der Waals surface area contributed by atoms with Gasteiger partial charge in [-0.3, -0.25) is 4.79 Å². The molecule has 0 radical (unpaired) electrons. The molecule has 2 unspecified atom stereocenters. The minimum Gasteiger partial charge on any atom is -0.378 e. The van der Waals surface area contributed by atoms with E-state index in [1.54, 1.807) is 0 Å². The van der Waals surface area contributed by atoms with E-state index in [1.807, 2.05) is 25.1 Å². The van der Waals surface area contributed by atoms with Crippen molar-refractivity contribution in [2.45, 2.75) is 31.3 Å². The molecule has 0 bridgehead atoms. The summed E-state index contributed by atoms with van der Waals surface area (Å²) in [6, 6.07) is 8.00. The van der Waals surface area contributed by atoms with Gasteiger partial charge in [0.15, 0.2) is 0 Å². The van der Waals surface area contributed by atoms with E-state index >= 15 is 0 Å². The molecule has 2 heterocycles. The monoisotopic (exact) mass is 217 g/mol. The average Bonchev–Trinajstić information content (AvgIpc) is 2.53. The summed E-state index contributed by atoms with van der Waals surface area (Å²) in [6.45, 7) is 2.71. The highest BCUT2D eigenvalue weighted by Crippen LogP contribution is 2.45. The molecule has 0 saturated carbocycles. The Balaban J connectivity index is 2.09. The Labute approximate surface area is 94.8 Å². The Morgan fingerprint density at radius 2 is 2.25 bits per heavy atom. The third kappa shape index (κ3) is 1.21. The maximum absolute atomic E-state index is 12.2. The molecule has 2 atom stereocenters. The fourth-order valence-corrected chi connectivity index (χ4v) is 2.91. The summed E-state index contributed by atoms with van der Waals surface area (Å²) >= 11 is 0. The Kier molecular flexibility index (Phi) is 2.04. The molecule has 0 aliphatic carbocycles. The van der Waals surface area contributed by atoms with E-state index in [9.17, 15) is 4.79 Å². The number of nitrogens with one attached hydrogen (secondary N) is 1. The number of carbonyl (C=O) groups excluding carboxylic acids is 1. The number of benzene rings is 1. The molecule has 0 aromatic heterocycles. The zero-order valence-electron chi connectivity index (χ0n) is 9.32. The smallest absolute Gasteiger partial charge is 0.235 e.